The lowest BCUT2D eigenvalue weighted by molar-refractivity contribution is -0.124. The summed E-state index contributed by atoms with van der Waals surface area (Å²) < 4.78 is 0. The van der Waals surface area contributed by atoms with E-state index in [1.54, 1.807) is 0 Å². The quantitative estimate of drug-likeness (QED) is 0.736. The molecule has 1 atom stereocenters. The fraction of sp³-hybridized carbons (Fsp3) is 0.300. The first kappa shape index (κ1) is 18.3. The Hall–Kier alpha value is -2.47. The molecule has 6 heteroatoms. The smallest absolute Gasteiger partial charge is 0.238 e. The van der Waals surface area contributed by atoms with Gasteiger partial charge in [-0.3, -0.25) is 9.59 Å². The minimum Gasteiger partial charge on any atom is -0.375 e. The first-order valence-electron chi connectivity index (χ1n) is 8.73. The Morgan fingerprint density at radius 1 is 1.15 bits per heavy atom. The predicted octanol–water partition coefficient (Wildman–Crippen LogP) is 3.13. The van der Waals surface area contributed by atoms with Crippen LogP contribution in [-0.4, -0.2) is 37.2 Å². The molecule has 5 nitrogen and oxygen atoms in total. The van der Waals surface area contributed by atoms with Crippen LogP contribution in [0, 0.1) is 0 Å². The van der Waals surface area contributed by atoms with Crippen LogP contribution in [-0.2, 0) is 9.59 Å². The number of fused-ring (bicyclic) bond motifs is 1. The van der Waals surface area contributed by atoms with Crippen LogP contribution in [0.25, 0.3) is 0 Å². The Morgan fingerprint density at radius 2 is 1.88 bits per heavy atom. The van der Waals surface area contributed by atoms with Crippen LogP contribution in [0.15, 0.2) is 59.5 Å². The van der Waals surface area contributed by atoms with E-state index in [0.29, 0.717) is 6.54 Å². The molecule has 3 rings (SSSR count). The van der Waals surface area contributed by atoms with Gasteiger partial charge in [0.05, 0.1) is 10.9 Å². The van der Waals surface area contributed by atoms with E-state index in [9.17, 15) is 9.59 Å². The van der Waals surface area contributed by atoms with Crippen LogP contribution >= 0.6 is 11.8 Å². The summed E-state index contributed by atoms with van der Waals surface area (Å²) >= 11 is 1.45. The lowest BCUT2D eigenvalue weighted by Crippen LogP contribution is -2.35. The van der Waals surface area contributed by atoms with Gasteiger partial charge in [-0.1, -0.05) is 30.3 Å². The van der Waals surface area contributed by atoms with E-state index in [4.69, 9.17) is 0 Å². The molecule has 1 aliphatic heterocycles. The Bertz CT molecular complexity index is 767. The van der Waals surface area contributed by atoms with Crippen LogP contribution in [0.2, 0.25) is 0 Å². The third-order valence-corrected chi connectivity index (χ3v) is 5.54. The Balaban J connectivity index is 1.40. The Morgan fingerprint density at radius 3 is 2.69 bits per heavy atom. The molecule has 0 aliphatic carbocycles. The molecule has 2 N–H and O–H groups in total. The molecular formula is C20H23N3O2S. The van der Waals surface area contributed by atoms with Crippen molar-refractivity contribution in [2.24, 2.45) is 0 Å². The van der Waals surface area contributed by atoms with Gasteiger partial charge in [-0.15, -0.1) is 11.8 Å². The summed E-state index contributed by atoms with van der Waals surface area (Å²) in [4.78, 5) is 27.5. The van der Waals surface area contributed by atoms with Crippen LogP contribution in [0.5, 0.6) is 0 Å². The van der Waals surface area contributed by atoms with Crippen molar-refractivity contribution in [1.29, 1.82) is 0 Å². The minimum atomic E-state index is -0.378. The largest absolute Gasteiger partial charge is 0.375 e. The topological polar surface area (TPSA) is 61.4 Å². The number of anilines is 2. The second-order valence-corrected chi connectivity index (χ2v) is 7.50. The van der Waals surface area contributed by atoms with Crippen LogP contribution < -0.4 is 15.5 Å². The third-order valence-electron chi connectivity index (χ3n) is 4.27. The van der Waals surface area contributed by atoms with Crippen LogP contribution in [0.1, 0.15) is 12.8 Å². The molecule has 0 saturated carbocycles. The predicted molar refractivity (Wildman–Crippen MR) is 107 cm³/mol. The maximum atomic E-state index is 12.2. The zero-order chi connectivity index (χ0) is 18.4. The van der Waals surface area contributed by atoms with Gasteiger partial charge in [-0.2, -0.15) is 0 Å². The SMILES string of the molecule is CN(CCCNC(=O)C[C@@H]1Sc2ccccc2NC1=O)c1ccccc1. The van der Waals surface area contributed by atoms with E-state index in [2.05, 4.69) is 27.7 Å². The summed E-state index contributed by atoms with van der Waals surface area (Å²) in [6.45, 7) is 1.46. The summed E-state index contributed by atoms with van der Waals surface area (Å²) in [7, 11) is 2.04. The second kappa shape index (κ2) is 8.76. The van der Waals surface area contributed by atoms with Crippen LogP contribution in [0.4, 0.5) is 11.4 Å². The average Bonchev–Trinajstić information content (AvgIpc) is 2.66. The molecule has 0 unspecified atom stereocenters. The van der Waals surface area contributed by atoms with E-state index >= 15 is 0 Å². The molecule has 1 aliphatic rings. The zero-order valence-electron chi connectivity index (χ0n) is 14.8. The standard InChI is InChI=1S/C20H23N3O2S/c1-23(15-8-3-2-4-9-15)13-7-12-21-19(24)14-18-20(25)22-16-10-5-6-11-17(16)26-18/h2-6,8-11,18H,7,12-14H2,1H3,(H,21,24)(H,22,25)/t18-/m0/s1. The van der Waals surface area contributed by atoms with Crippen LogP contribution in [0.3, 0.4) is 0 Å². The summed E-state index contributed by atoms with van der Waals surface area (Å²) in [6.07, 6.45) is 1.04. The lowest BCUT2D eigenvalue weighted by Gasteiger charge is -2.23. The number of rotatable bonds is 7. The molecule has 0 saturated heterocycles. The Kier molecular flexibility index (Phi) is 6.17. The molecule has 2 aromatic rings. The maximum Gasteiger partial charge on any atom is 0.238 e. The van der Waals surface area contributed by atoms with E-state index < -0.39 is 0 Å². The number of amides is 2. The molecule has 0 radical (unpaired) electrons. The third kappa shape index (κ3) is 4.79. The highest BCUT2D eigenvalue weighted by atomic mass is 32.2. The lowest BCUT2D eigenvalue weighted by atomic mass is 10.2. The molecular weight excluding hydrogens is 346 g/mol. The fourth-order valence-electron chi connectivity index (χ4n) is 2.82. The summed E-state index contributed by atoms with van der Waals surface area (Å²) in [5.41, 5.74) is 1.98. The highest BCUT2D eigenvalue weighted by molar-refractivity contribution is 8.01. The van der Waals surface area contributed by atoms with E-state index in [0.717, 1.165) is 29.2 Å². The molecule has 2 amide bonds. The summed E-state index contributed by atoms with van der Waals surface area (Å²) in [5, 5.41) is 5.41. The first-order chi connectivity index (χ1) is 12.6. The summed E-state index contributed by atoms with van der Waals surface area (Å²) in [5.74, 6) is -0.188. The van der Waals surface area contributed by atoms with E-state index in [1.165, 1.54) is 11.8 Å². The molecule has 0 bridgehead atoms. The number of carbonyl (C=O) groups excluding carboxylic acids is 2. The van der Waals surface area contributed by atoms with Crippen molar-refractivity contribution in [2.75, 3.05) is 30.4 Å². The molecule has 1 heterocycles. The number of benzene rings is 2. The molecule has 0 spiro atoms. The van der Waals surface area contributed by atoms with Gasteiger partial charge < -0.3 is 15.5 Å². The second-order valence-electron chi connectivity index (χ2n) is 6.26. The van der Waals surface area contributed by atoms with Gasteiger partial charge in [0.1, 0.15) is 0 Å². The molecule has 0 fully saturated rings. The average molecular weight is 369 g/mol. The van der Waals surface area contributed by atoms with Gasteiger partial charge in [0.15, 0.2) is 0 Å². The van der Waals surface area contributed by atoms with Crippen molar-refractivity contribution in [3.05, 3.63) is 54.6 Å². The fourth-order valence-corrected chi connectivity index (χ4v) is 3.93. The normalized spacial score (nSPS) is 15.7. The van der Waals surface area contributed by atoms with Gasteiger partial charge in [-0.05, 0) is 30.7 Å². The monoisotopic (exact) mass is 369 g/mol. The minimum absolute atomic E-state index is 0.0839. The number of hydrogen-bond acceptors (Lipinski definition) is 4. The van der Waals surface area contributed by atoms with Crippen molar-refractivity contribution >= 4 is 35.0 Å². The number of nitrogens with zero attached hydrogens (tertiary/aromatic N) is 1. The number of nitrogens with one attached hydrogen (secondary N) is 2. The Labute approximate surface area is 158 Å². The van der Waals surface area contributed by atoms with Crippen molar-refractivity contribution < 1.29 is 9.59 Å². The molecule has 0 aromatic heterocycles. The van der Waals surface area contributed by atoms with Gasteiger partial charge in [-0.25, -0.2) is 0 Å². The molecule has 136 valence electrons. The van der Waals surface area contributed by atoms with Crippen molar-refractivity contribution in [1.82, 2.24) is 5.32 Å². The van der Waals surface area contributed by atoms with Gasteiger partial charge in [0.2, 0.25) is 11.8 Å². The van der Waals surface area contributed by atoms with E-state index in [1.807, 2.05) is 49.5 Å². The number of hydrogen-bond donors (Lipinski definition) is 2. The van der Waals surface area contributed by atoms with Gasteiger partial charge >= 0.3 is 0 Å². The van der Waals surface area contributed by atoms with E-state index in [-0.39, 0.29) is 23.5 Å². The van der Waals surface area contributed by atoms with Gasteiger partial charge in [0, 0.05) is 37.1 Å². The summed E-state index contributed by atoms with van der Waals surface area (Å²) in [6, 6.07) is 17.8. The first-order valence-corrected chi connectivity index (χ1v) is 9.61. The van der Waals surface area contributed by atoms with Crippen molar-refractivity contribution in [3.63, 3.8) is 0 Å². The highest BCUT2D eigenvalue weighted by Gasteiger charge is 2.28. The number of carbonyl (C=O) groups is 2. The number of thioether (sulfide) groups is 1. The zero-order valence-corrected chi connectivity index (χ0v) is 15.6. The molecule has 2 aromatic carbocycles. The van der Waals surface area contributed by atoms with Crippen molar-refractivity contribution in [2.45, 2.75) is 23.0 Å². The van der Waals surface area contributed by atoms with Crippen molar-refractivity contribution in [3.8, 4) is 0 Å². The molecule has 26 heavy (non-hydrogen) atoms. The number of para-hydroxylation sites is 2. The maximum absolute atomic E-state index is 12.2. The van der Waals surface area contributed by atoms with Gasteiger partial charge in [0.25, 0.3) is 0 Å². The highest BCUT2D eigenvalue weighted by Crippen LogP contribution is 2.36.